The molecule has 0 aliphatic carbocycles. The van der Waals surface area contributed by atoms with Gasteiger partial charge in [-0.25, -0.2) is 13.1 Å². The lowest BCUT2D eigenvalue weighted by Gasteiger charge is -2.08. The summed E-state index contributed by atoms with van der Waals surface area (Å²) in [5.41, 5.74) is -0.125. The van der Waals surface area contributed by atoms with Crippen LogP contribution in [0.1, 0.15) is 20.8 Å². The number of hydrogen-bond donors (Lipinski definition) is 2. The summed E-state index contributed by atoms with van der Waals surface area (Å²) in [4.78, 5) is 38.7. The Labute approximate surface area is 160 Å². The summed E-state index contributed by atoms with van der Waals surface area (Å²) in [5.74, 6) is -1.73. The molecule has 28 heavy (non-hydrogen) atoms. The summed E-state index contributed by atoms with van der Waals surface area (Å²) in [7, 11) is -1.47. The fourth-order valence-electron chi connectivity index (χ4n) is 1.97. The van der Waals surface area contributed by atoms with E-state index in [4.69, 9.17) is 4.74 Å². The van der Waals surface area contributed by atoms with Crippen LogP contribution in [0.2, 0.25) is 0 Å². The Morgan fingerprint density at radius 1 is 1.00 bits per heavy atom. The molecular weight excluding hydrogens is 390 g/mol. The van der Waals surface area contributed by atoms with Crippen molar-refractivity contribution in [1.82, 2.24) is 15.0 Å². The van der Waals surface area contributed by atoms with Crippen LogP contribution in [0.3, 0.4) is 0 Å². The van der Waals surface area contributed by atoms with Gasteiger partial charge in [-0.2, -0.15) is 0 Å². The van der Waals surface area contributed by atoms with Crippen molar-refractivity contribution in [3.63, 3.8) is 0 Å². The number of rotatable bonds is 7. The molecule has 2 N–H and O–H groups in total. The zero-order valence-corrected chi connectivity index (χ0v) is 15.8. The summed E-state index contributed by atoms with van der Waals surface area (Å²) < 4.78 is 35.8. The lowest BCUT2D eigenvalue weighted by molar-refractivity contribution is -0.139. The number of carbonyl (C=O) groups excluding carboxylic acids is 3. The number of amides is 2. The van der Waals surface area contributed by atoms with Gasteiger partial charge in [0, 0.05) is 6.20 Å². The highest BCUT2D eigenvalue weighted by molar-refractivity contribution is 7.90. The summed E-state index contributed by atoms with van der Waals surface area (Å²) >= 11 is 0. The maximum absolute atomic E-state index is 12.3. The van der Waals surface area contributed by atoms with Gasteiger partial charge >= 0.3 is 5.97 Å². The second-order valence-corrected chi connectivity index (χ2v) is 6.98. The van der Waals surface area contributed by atoms with Crippen LogP contribution in [0, 0.1) is 0 Å². The molecule has 0 spiro atoms. The van der Waals surface area contributed by atoms with Gasteiger partial charge in [0.05, 0.1) is 24.7 Å². The minimum absolute atomic E-state index is 0.0570. The molecule has 1 heterocycles. The Morgan fingerprint density at radius 3 is 2.21 bits per heavy atom. The molecule has 2 rings (SSSR count). The van der Waals surface area contributed by atoms with E-state index < -0.39 is 27.8 Å². The molecule has 0 radical (unpaired) electrons. The van der Waals surface area contributed by atoms with Gasteiger partial charge in [0.15, 0.2) is 0 Å². The predicted octanol–water partition coefficient (Wildman–Crippen LogP) is 0.112. The van der Waals surface area contributed by atoms with E-state index in [2.05, 4.69) is 15.0 Å². The maximum atomic E-state index is 12.3. The number of sulfonamides is 1. The third-order valence-electron chi connectivity index (χ3n) is 3.48. The molecule has 2 amide bonds. The zero-order chi connectivity index (χ0) is 20.7. The molecule has 0 saturated heterocycles. The number of hydrogen-bond acceptors (Lipinski definition) is 8. The Bertz CT molecular complexity index is 971. The van der Waals surface area contributed by atoms with E-state index in [1.165, 1.54) is 50.6 Å². The van der Waals surface area contributed by atoms with Crippen LogP contribution in [0.15, 0.2) is 47.5 Å². The first-order chi connectivity index (χ1) is 13.3. The quantitative estimate of drug-likeness (QED) is 0.616. The van der Waals surface area contributed by atoms with Gasteiger partial charge in [0.1, 0.15) is 18.0 Å². The topological polar surface area (TPSA) is 141 Å². The molecule has 0 bridgehead atoms. The summed E-state index contributed by atoms with van der Waals surface area (Å²) in [6.07, 6.45) is 1.05. The molecule has 0 fully saturated rings. The van der Waals surface area contributed by atoms with Crippen LogP contribution in [0.5, 0.6) is 5.75 Å². The highest BCUT2D eigenvalue weighted by atomic mass is 32.2. The van der Waals surface area contributed by atoms with E-state index in [1.807, 2.05) is 4.72 Å². The molecule has 0 saturated carbocycles. The number of nitrogens with zero attached hydrogens (tertiary/aromatic N) is 1. The average Bonchev–Trinajstić information content (AvgIpc) is 2.71. The highest BCUT2D eigenvalue weighted by Crippen LogP contribution is 2.15. The fraction of sp³-hybridized carbons (Fsp3) is 0.176. The fourth-order valence-corrected chi connectivity index (χ4v) is 2.95. The second-order valence-electron chi connectivity index (χ2n) is 5.30. The molecule has 0 atom stereocenters. The molecule has 1 aromatic heterocycles. The largest absolute Gasteiger partial charge is 0.497 e. The van der Waals surface area contributed by atoms with Crippen molar-refractivity contribution in [3.05, 3.63) is 53.9 Å². The minimum Gasteiger partial charge on any atom is -0.497 e. The second kappa shape index (κ2) is 8.95. The van der Waals surface area contributed by atoms with Gasteiger partial charge in [0.25, 0.3) is 21.8 Å². The standard InChI is InChI=1S/C17H17N3O7S/c1-26-12-4-6-13(7-5-12)28(24,25)20-16(22)11-3-8-14(18-9-11)17(23)19-10-15(21)27-2/h3-9H,10H2,1-2H3,(H,19,23)(H,20,22). The van der Waals surface area contributed by atoms with E-state index in [1.54, 1.807) is 0 Å². The first kappa shape index (κ1) is 20.8. The molecule has 10 nitrogen and oxygen atoms in total. The summed E-state index contributed by atoms with van der Waals surface area (Å²) in [6.45, 7) is -0.334. The van der Waals surface area contributed by atoms with E-state index in [0.717, 1.165) is 6.20 Å². The van der Waals surface area contributed by atoms with Gasteiger partial charge in [-0.3, -0.25) is 19.4 Å². The molecule has 148 valence electrons. The Kier molecular flexibility index (Phi) is 6.66. The third kappa shape index (κ3) is 5.27. The van der Waals surface area contributed by atoms with Crippen LogP contribution < -0.4 is 14.8 Å². The number of nitrogens with one attached hydrogen (secondary N) is 2. The summed E-state index contributed by atoms with van der Waals surface area (Å²) in [5, 5.41) is 2.28. The van der Waals surface area contributed by atoms with Crippen molar-refractivity contribution in [2.24, 2.45) is 0 Å². The van der Waals surface area contributed by atoms with Gasteiger partial charge in [0.2, 0.25) is 0 Å². The van der Waals surface area contributed by atoms with Gasteiger partial charge < -0.3 is 14.8 Å². The van der Waals surface area contributed by atoms with Crippen molar-refractivity contribution < 1.29 is 32.3 Å². The van der Waals surface area contributed by atoms with Crippen LogP contribution in [-0.4, -0.2) is 51.9 Å². The number of pyridine rings is 1. The van der Waals surface area contributed by atoms with Gasteiger partial charge in [-0.15, -0.1) is 0 Å². The number of carbonyl (C=O) groups is 3. The van der Waals surface area contributed by atoms with E-state index in [-0.39, 0.29) is 22.7 Å². The predicted molar refractivity (Wildman–Crippen MR) is 96.2 cm³/mol. The monoisotopic (exact) mass is 407 g/mol. The van der Waals surface area contributed by atoms with Crippen molar-refractivity contribution in [3.8, 4) is 5.75 Å². The first-order valence-electron chi connectivity index (χ1n) is 7.79. The van der Waals surface area contributed by atoms with E-state index in [9.17, 15) is 22.8 Å². The van der Waals surface area contributed by atoms with Gasteiger partial charge in [-0.05, 0) is 36.4 Å². The normalized spacial score (nSPS) is 10.6. The Balaban J connectivity index is 2.05. The van der Waals surface area contributed by atoms with Crippen molar-refractivity contribution in [2.45, 2.75) is 4.90 Å². The molecule has 2 aromatic rings. The Hall–Kier alpha value is -3.47. The van der Waals surface area contributed by atoms with Crippen LogP contribution >= 0.6 is 0 Å². The lowest BCUT2D eigenvalue weighted by Crippen LogP contribution is -2.32. The minimum atomic E-state index is -4.09. The molecule has 0 aliphatic heterocycles. The van der Waals surface area contributed by atoms with Crippen LogP contribution in [-0.2, 0) is 19.6 Å². The number of methoxy groups -OCH3 is 2. The summed E-state index contributed by atoms with van der Waals surface area (Å²) in [6, 6.07) is 7.94. The highest BCUT2D eigenvalue weighted by Gasteiger charge is 2.19. The van der Waals surface area contributed by atoms with Gasteiger partial charge in [-0.1, -0.05) is 0 Å². The van der Waals surface area contributed by atoms with Crippen molar-refractivity contribution in [1.29, 1.82) is 0 Å². The Morgan fingerprint density at radius 2 is 1.68 bits per heavy atom. The van der Waals surface area contributed by atoms with Crippen molar-refractivity contribution in [2.75, 3.05) is 20.8 Å². The molecule has 0 unspecified atom stereocenters. The number of ether oxygens (including phenoxy) is 2. The number of benzene rings is 1. The first-order valence-corrected chi connectivity index (χ1v) is 9.27. The number of esters is 1. The molecule has 0 aliphatic rings. The van der Waals surface area contributed by atoms with Crippen LogP contribution in [0.4, 0.5) is 0 Å². The van der Waals surface area contributed by atoms with Crippen molar-refractivity contribution >= 4 is 27.8 Å². The van der Waals surface area contributed by atoms with E-state index >= 15 is 0 Å². The molecule has 11 heteroatoms. The SMILES string of the molecule is COC(=O)CNC(=O)c1ccc(C(=O)NS(=O)(=O)c2ccc(OC)cc2)cn1. The van der Waals surface area contributed by atoms with Crippen LogP contribution in [0.25, 0.3) is 0 Å². The number of aromatic nitrogens is 1. The smallest absolute Gasteiger partial charge is 0.325 e. The molecular formula is C17H17N3O7S. The zero-order valence-electron chi connectivity index (χ0n) is 15.0. The van der Waals surface area contributed by atoms with E-state index in [0.29, 0.717) is 5.75 Å². The molecule has 1 aromatic carbocycles. The maximum Gasteiger partial charge on any atom is 0.325 e. The third-order valence-corrected chi connectivity index (χ3v) is 4.82. The average molecular weight is 407 g/mol. The lowest BCUT2D eigenvalue weighted by atomic mass is 10.2.